The molecule has 3 aromatic carbocycles. The zero-order chi connectivity index (χ0) is 25.6. The molecule has 1 saturated carbocycles. The van der Waals surface area contributed by atoms with Crippen LogP contribution in [0.1, 0.15) is 43.4 Å². The minimum Gasteiger partial charge on any atom is -0.451 e. The fraction of sp³-hybridized carbons (Fsp3) is 0.129. The Kier molecular flexibility index (Phi) is 4.08. The van der Waals surface area contributed by atoms with Gasteiger partial charge in [0, 0.05) is 51.3 Å². The van der Waals surface area contributed by atoms with Crippen LogP contribution in [-0.2, 0) is 5.41 Å². The maximum absolute atomic E-state index is 13.6. The molecule has 1 aliphatic heterocycles. The van der Waals surface area contributed by atoms with Gasteiger partial charge in [-0.2, -0.15) is 0 Å². The fourth-order valence-corrected chi connectivity index (χ4v) is 6.34. The van der Waals surface area contributed by atoms with Crippen molar-refractivity contribution in [3.05, 3.63) is 113 Å². The van der Waals surface area contributed by atoms with Gasteiger partial charge in [-0.15, -0.1) is 0 Å². The van der Waals surface area contributed by atoms with Gasteiger partial charge in [0.15, 0.2) is 11.5 Å². The number of H-pyrrole nitrogens is 1. The molecule has 7 heteroatoms. The summed E-state index contributed by atoms with van der Waals surface area (Å²) in [6, 6.07) is 24.2. The van der Waals surface area contributed by atoms with Gasteiger partial charge in [-0.3, -0.25) is 14.4 Å². The van der Waals surface area contributed by atoms with E-state index in [2.05, 4.69) is 10.3 Å². The molecule has 0 radical (unpaired) electrons. The van der Waals surface area contributed by atoms with Crippen LogP contribution in [0.5, 0.6) is 0 Å². The third-order valence-electron chi connectivity index (χ3n) is 8.20. The van der Waals surface area contributed by atoms with Gasteiger partial charge in [-0.25, -0.2) is 0 Å². The Labute approximate surface area is 216 Å². The molecule has 0 bridgehead atoms. The minimum atomic E-state index is -0.344. The maximum atomic E-state index is 13.6. The Morgan fingerprint density at radius 2 is 1.82 bits per heavy atom. The number of aromatic nitrogens is 1. The maximum Gasteiger partial charge on any atom is 0.291 e. The van der Waals surface area contributed by atoms with E-state index in [1.54, 1.807) is 29.2 Å². The smallest absolute Gasteiger partial charge is 0.291 e. The average Bonchev–Trinajstić information content (AvgIpc) is 3.25. The van der Waals surface area contributed by atoms with Crippen LogP contribution in [0.25, 0.3) is 21.9 Å². The quantitative estimate of drug-likeness (QED) is 0.335. The van der Waals surface area contributed by atoms with E-state index in [9.17, 15) is 14.4 Å². The molecule has 2 atom stereocenters. The summed E-state index contributed by atoms with van der Waals surface area (Å²) in [5, 5.41) is 4.54. The van der Waals surface area contributed by atoms with Crippen LogP contribution in [0.2, 0.25) is 0 Å². The molecule has 3 heterocycles. The summed E-state index contributed by atoms with van der Waals surface area (Å²) in [5.74, 6) is 0.0151. The van der Waals surface area contributed by atoms with Crippen LogP contribution in [-0.4, -0.2) is 34.0 Å². The molecule has 8 rings (SSSR count). The molecule has 3 aliphatic rings. The first-order valence-electron chi connectivity index (χ1n) is 12.6. The molecule has 38 heavy (non-hydrogen) atoms. The number of furan rings is 1. The van der Waals surface area contributed by atoms with E-state index < -0.39 is 0 Å². The average molecular weight is 500 g/mol. The summed E-state index contributed by atoms with van der Waals surface area (Å²) >= 11 is 0. The second kappa shape index (κ2) is 7.32. The van der Waals surface area contributed by atoms with E-state index in [0.717, 1.165) is 39.5 Å². The number of hydrogen-bond acceptors (Lipinski definition) is 4. The lowest BCUT2D eigenvalue weighted by atomic mass is 9.81. The van der Waals surface area contributed by atoms with E-state index in [-0.39, 0.29) is 28.8 Å². The molecule has 2 fully saturated rings. The molecule has 5 aromatic rings. The monoisotopic (exact) mass is 499 g/mol. The van der Waals surface area contributed by atoms with E-state index in [4.69, 9.17) is 4.42 Å². The fourth-order valence-electron chi connectivity index (χ4n) is 6.34. The second-order valence-electron chi connectivity index (χ2n) is 10.3. The number of piperidine rings is 1. The molecule has 7 nitrogen and oxygen atoms in total. The number of rotatable bonds is 3. The van der Waals surface area contributed by atoms with Crippen molar-refractivity contribution in [1.29, 1.82) is 0 Å². The third kappa shape index (κ3) is 2.87. The van der Waals surface area contributed by atoms with Gasteiger partial charge in [-0.1, -0.05) is 42.5 Å². The number of amides is 2. The Bertz CT molecular complexity index is 1860. The third-order valence-corrected chi connectivity index (χ3v) is 8.20. The largest absolute Gasteiger partial charge is 0.451 e. The highest BCUT2D eigenvalue weighted by molar-refractivity contribution is 6.10. The van der Waals surface area contributed by atoms with Gasteiger partial charge in [0.1, 0.15) is 11.3 Å². The Balaban J connectivity index is 1.07. The van der Waals surface area contributed by atoms with Gasteiger partial charge < -0.3 is 19.6 Å². The number of nitrogens with zero attached hydrogens (tertiary/aromatic N) is 1. The first kappa shape index (κ1) is 21.2. The standard InChI is InChI=1S/C31H21N3O4/c35-25-14-28-31(22-7-3-2-6-21(22)25)15-19(31)16-34(28)30(37)24-12-18-11-20(9-10-23(18)33-24)32-29(36)27-13-17-5-1-4-8-26(17)38-27/h1-14,19,33H,15-16H2,(H,32,36)/t19-,31?/m1/s1. The molecule has 1 unspecified atom stereocenters. The van der Waals surface area contributed by atoms with Crippen LogP contribution in [0.3, 0.4) is 0 Å². The zero-order valence-corrected chi connectivity index (χ0v) is 20.2. The van der Waals surface area contributed by atoms with Crippen molar-refractivity contribution < 1.29 is 18.8 Å². The number of aromatic amines is 1. The van der Waals surface area contributed by atoms with E-state index in [0.29, 0.717) is 29.4 Å². The number of carbonyl (C=O) groups is 3. The Morgan fingerprint density at radius 3 is 2.71 bits per heavy atom. The normalized spacial score (nSPS) is 21.2. The summed E-state index contributed by atoms with van der Waals surface area (Å²) in [6.45, 7) is 0.598. The predicted octanol–water partition coefficient (Wildman–Crippen LogP) is 5.66. The number of hydrogen-bond donors (Lipinski definition) is 2. The molecular formula is C31H21N3O4. The summed E-state index contributed by atoms with van der Waals surface area (Å²) in [4.78, 5) is 44.3. The van der Waals surface area contributed by atoms with Gasteiger partial charge in [-0.05, 0) is 54.3 Å². The summed E-state index contributed by atoms with van der Waals surface area (Å²) < 4.78 is 5.67. The number of benzene rings is 3. The van der Waals surface area contributed by atoms with Crippen LogP contribution >= 0.6 is 0 Å². The van der Waals surface area contributed by atoms with Crippen molar-refractivity contribution in [1.82, 2.24) is 9.88 Å². The van der Waals surface area contributed by atoms with Crippen molar-refractivity contribution in [3.8, 4) is 0 Å². The van der Waals surface area contributed by atoms with Crippen molar-refractivity contribution in [2.45, 2.75) is 11.8 Å². The second-order valence-corrected chi connectivity index (χ2v) is 10.3. The summed E-state index contributed by atoms with van der Waals surface area (Å²) in [5.41, 5.74) is 4.87. The molecule has 184 valence electrons. The van der Waals surface area contributed by atoms with Crippen LogP contribution in [0.15, 0.2) is 95.1 Å². The van der Waals surface area contributed by atoms with Gasteiger partial charge >= 0.3 is 0 Å². The molecule has 1 saturated heterocycles. The highest BCUT2D eigenvalue weighted by atomic mass is 16.3. The van der Waals surface area contributed by atoms with Gasteiger partial charge in [0.25, 0.3) is 11.8 Å². The Hall–Kier alpha value is -4.91. The van der Waals surface area contributed by atoms with Crippen molar-refractivity contribution in [3.63, 3.8) is 0 Å². The molecule has 2 amide bonds. The summed E-state index contributed by atoms with van der Waals surface area (Å²) in [6.07, 6.45) is 2.62. The molecule has 2 aromatic heterocycles. The number of carbonyl (C=O) groups excluding carboxylic acids is 3. The molecule has 2 N–H and O–H groups in total. The lowest BCUT2D eigenvalue weighted by Gasteiger charge is -2.29. The van der Waals surface area contributed by atoms with Gasteiger partial charge in [0.2, 0.25) is 0 Å². The number of allylic oxidation sites excluding steroid dienone is 2. The summed E-state index contributed by atoms with van der Waals surface area (Å²) in [7, 11) is 0. The molecular weight excluding hydrogens is 478 g/mol. The highest BCUT2D eigenvalue weighted by Crippen LogP contribution is 2.66. The lowest BCUT2D eigenvalue weighted by Crippen LogP contribution is -2.33. The number of para-hydroxylation sites is 1. The van der Waals surface area contributed by atoms with Crippen molar-refractivity contribution >= 4 is 45.2 Å². The first-order chi connectivity index (χ1) is 18.5. The van der Waals surface area contributed by atoms with Crippen LogP contribution in [0.4, 0.5) is 5.69 Å². The van der Waals surface area contributed by atoms with Crippen LogP contribution < -0.4 is 5.32 Å². The van der Waals surface area contributed by atoms with Crippen LogP contribution in [0, 0.1) is 5.92 Å². The van der Waals surface area contributed by atoms with Crippen molar-refractivity contribution in [2.24, 2.45) is 5.92 Å². The van der Waals surface area contributed by atoms with Crippen molar-refractivity contribution in [2.75, 3.05) is 11.9 Å². The van der Waals surface area contributed by atoms with Gasteiger partial charge in [0.05, 0.1) is 0 Å². The highest BCUT2D eigenvalue weighted by Gasteiger charge is 2.67. The minimum absolute atomic E-state index is 0.0481. The van der Waals surface area contributed by atoms with E-state index in [1.165, 1.54) is 0 Å². The topological polar surface area (TPSA) is 95.4 Å². The SMILES string of the molecule is O=C(Nc1ccc2[nH]c(C(=O)N3C[C@H]4CC45C3=CC(=O)c3ccccc35)cc2c1)c1cc2ccccc2o1. The lowest BCUT2D eigenvalue weighted by molar-refractivity contribution is 0.0806. The predicted molar refractivity (Wildman–Crippen MR) is 142 cm³/mol. The van der Waals surface area contributed by atoms with E-state index in [1.807, 2.05) is 60.7 Å². The zero-order valence-electron chi connectivity index (χ0n) is 20.2. The number of fused-ring (bicyclic) bond motifs is 3. The number of anilines is 1. The van der Waals surface area contributed by atoms with E-state index >= 15 is 0 Å². The number of ketones is 1. The number of nitrogens with one attached hydrogen (secondary N) is 2. The first-order valence-corrected chi connectivity index (χ1v) is 12.6. The molecule has 2 aliphatic carbocycles. The molecule has 1 spiro atoms. The number of likely N-dealkylation sites (tertiary alicyclic amines) is 1. The Morgan fingerprint density at radius 1 is 0.974 bits per heavy atom.